The quantitative estimate of drug-likeness (QED) is 0.356. The van der Waals surface area contributed by atoms with Crippen molar-refractivity contribution >= 4 is 41.9 Å². The summed E-state index contributed by atoms with van der Waals surface area (Å²) < 4.78 is 0. The molecule has 0 unspecified atom stereocenters. The molecule has 4 fully saturated rings. The van der Waals surface area contributed by atoms with Gasteiger partial charge in [-0.05, 0) is 79.8 Å². The maximum absolute atomic E-state index is 13.4. The normalized spacial score (nSPS) is 27.9. The summed E-state index contributed by atoms with van der Waals surface area (Å²) in [5.74, 6) is 2.73. The fraction of sp³-hybridized carbons (Fsp3) is 0.654. The van der Waals surface area contributed by atoms with E-state index in [1.54, 1.807) is 11.8 Å². The number of benzene rings is 1. The number of carbonyl (C=O) groups is 3. The molecule has 1 aromatic carbocycles. The molecule has 3 amide bonds. The standard InChI is InChI=1S/C26H38N4O3S.ClH/c1-34-8-7-21(27)25(32)28-15-23(31)29-22(14-16-5-3-2-4-6-16)26(33)30-24-19-10-17-9-18(12-19)13-20(24)11-17;/h2-6,17-22,24H,7-15,27H2,1H3,(H,28,32)(H,29,31)(H,30,33);1H/t17?,18?,19?,20?,21-,22-,24?;/m1./s1. The van der Waals surface area contributed by atoms with Gasteiger partial charge in [0.25, 0.3) is 0 Å². The fourth-order valence-corrected chi connectivity index (χ4v) is 6.89. The van der Waals surface area contributed by atoms with E-state index in [1.165, 1.54) is 32.1 Å². The topological polar surface area (TPSA) is 113 Å². The lowest BCUT2D eigenvalue weighted by Gasteiger charge is -2.54. The lowest BCUT2D eigenvalue weighted by atomic mass is 9.54. The van der Waals surface area contributed by atoms with Gasteiger partial charge in [-0.1, -0.05) is 30.3 Å². The zero-order chi connectivity index (χ0) is 24.1. The lowest BCUT2D eigenvalue weighted by Crippen LogP contribution is -2.59. The van der Waals surface area contributed by atoms with Crippen LogP contribution in [0.25, 0.3) is 0 Å². The highest BCUT2D eigenvalue weighted by molar-refractivity contribution is 7.98. The Kier molecular flexibility index (Phi) is 10.3. The van der Waals surface area contributed by atoms with Gasteiger partial charge in [0, 0.05) is 12.5 Å². The summed E-state index contributed by atoms with van der Waals surface area (Å²) in [4.78, 5) is 38.2. The predicted octanol–water partition coefficient (Wildman–Crippen LogP) is 2.27. The van der Waals surface area contributed by atoms with E-state index in [0.717, 1.165) is 23.2 Å². The molecule has 1 aromatic rings. The first kappa shape index (κ1) is 27.8. The van der Waals surface area contributed by atoms with Crippen LogP contribution in [0, 0.1) is 23.7 Å². The van der Waals surface area contributed by atoms with Gasteiger partial charge in [0.2, 0.25) is 17.7 Å². The Labute approximate surface area is 218 Å². The second kappa shape index (κ2) is 13.0. The molecule has 0 radical (unpaired) electrons. The molecule has 4 bridgehead atoms. The summed E-state index contributed by atoms with van der Waals surface area (Å²) in [6.07, 6.45) is 9.16. The molecule has 7 nitrogen and oxygen atoms in total. The fourth-order valence-electron chi connectivity index (χ4n) is 6.40. The maximum atomic E-state index is 13.4. The van der Waals surface area contributed by atoms with Gasteiger partial charge in [-0.25, -0.2) is 0 Å². The molecule has 4 saturated carbocycles. The van der Waals surface area contributed by atoms with Gasteiger partial charge in [-0.2, -0.15) is 11.8 Å². The first-order valence-electron chi connectivity index (χ1n) is 12.6. The van der Waals surface area contributed by atoms with Crippen LogP contribution < -0.4 is 21.7 Å². The summed E-state index contributed by atoms with van der Waals surface area (Å²) in [6, 6.07) is 8.60. The average molecular weight is 523 g/mol. The summed E-state index contributed by atoms with van der Waals surface area (Å²) in [6.45, 7) is -0.192. The minimum atomic E-state index is -0.686. The monoisotopic (exact) mass is 522 g/mol. The first-order valence-corrected chi connectivity index (χ1v) is 14.0. The van der Waals surface area contributed by atoms with Gasteiger partial charge >= 0.3 is 0 Å². The van der Waals surface area contributed by atoms with Crippen molar-refractivity contribution in [2.45, 2.75) is 63.1 Å². The number of carbonyl (C=O) groups excluding carboxylic acids is 3. The van der Waals surface area contributed by atoms with Crippen molar-refractivity contribution in [1.29, 1.82) is 0 Å². The smallest absolute Gasteiger partial charge is 0.243 e. The third-order valence-electron chi connectivity index (χ3n) is 7.86. The van der Waals surface area contributed by atoms with Crippen LogP contribution >= 0.6 is 24.2 Å². The molecular weight excluding hydrogens is 484 g/mol. The minimum Gasteiger partial charge on any atom is -0.351 e. The molecule has 4 aliphatic rings. The van der Waals surface area contributed by atoms with Crippen LogP contribution in [0.5, 0.6) is 0 Å². The molecule has 0 aromatic heterocycles. The van der Waals surface area contributed by atoms with Crippen LogP contribution in [0.4, 0.5) is 0 Å². The van der Waals surface area contributed by atoms with Crippen LogP contribution in [0.3, 0.4) is 0 Å². The highest BCUT2D eigenvalue weighted by Gasteiger charge is 2.49. The molecule has 194 valence electrons. The number of nitrogens with two attached hydrogens (primary N) is 1. The third-order valence-corrected chi connectivity index (χ3v) is 8.51. The number of nitrogens with one attached hydrogen (secondary N) is 3. The second-order valence-electron chi connectivity index (χ2n) is 10.4. The van der Waals surface area contributed by atoms with Crippen molar-refractivity contribution in [2.75, 3.05) is 18.6 Å². The van der Waals surface area contributed by atoms with Gasteiger partial charge in [0.15, 0.2) is 0 Å². The number of amides is 3. The minimum absolute atomic E-state index is 0. The van der Waals surface area contributed by atoms with Crippen LogP contribution in [0.15, 0.2) is 30.3 Å². The van der Waals surface area contributed by atoms with Crippen molar-refractivity contribution in [3.05, 3.63) is 35.9 Å². The summed E-state index contributed by atoms with van der Waals surface area (Å²) in [5.41, 5.74) is 6.86. The lowest BCUT2D eigenvalue weighted by molar-refractivity contribution is -0.131. The number of hydrogen-bond donors (Lipinski definition) is 4. The van der Waals surface area contributed by atoms with E-state index in [0.29, 0.717) is 24.7 Å². The number of hydrogen-bond acceptors (Lipinski definition) is 5. The molecular formula is C26H39ClN4O3S. The van der Waals surface area contributed by atoms with Gasteiger partial charge in [0.05, 0.1) is 12.6 Å². The molecule has 2 atom stereocenters. The van der Waals surface area contributed by atoms with Crippen LogP contribution in [-0.4, -0.2) is 54.4 Å². The van der Waals surface area contributed by atoms with E-state index in [-0.39, 0.29) is 42.7 Å². The van der Waals surface area contributed by atoms with E-state index >= 15 is 0 Å². The second-order valence-corrected chi connectivity index (χ2v) is 11.4. The molecule has 4 aliphatic carbocycles. The van der Waals surface area contributed by atoms with Gasteiger partial charge in [0.1, 0.15) is 6.04 Å². The van der Waals surface area contributed by atoms with E-state index in [4.69, 9.17) is 5.73 Å². The molecule has 0 spiro atoms. The largest absolute Gasteiger partial charge is 0.351 e. The molecule has 5 N–H and O–H groups in total. The maximum Gasteiger partial charge on any atom is 0.243 e. The van der Waals surface area contributed by atoms with Gasteiger partial charge in [-0.15, -0.1) is 12.4 Å². The Morgan fingerprint density at radius 3 is 2.23 bits per heavy atom. The summed E-state index contributed by atoms with van der Waals surface area (Å²) >= 11 is 1.62. The number of rotatable bonds is 11. The summed E-state index contributed by atoms with van der Waals surface area (Å²) in [7, 11) is 0. The zero-order valence-electron chi connectivity index (χ0n) is 20.4. The first-order chi connectivity index (χ1) is 16.4. The Morgan fingerprint density at radius 2 is 1.63 bits per heavy atom. The van der Waals surface area contributed by atoms with Gasteiger partial charge in [-0.3, -0.25) is 14.4 Å². The molecule has 0 saturated heterocycles. The average Bonchev–Trinajstić information content (AvgIpc) is 2.82. The predicted molar refractivity (Wildman–Crippen MR) is 142 cm³/mol. The molecule has 9 heteroatoms. The van der Waals surface area contributed by atoms with E-state index in [9.17, 15) is 14.4 Å². The van der Waals surface area contributed by atoms with Gasteiger partial charge < -0.3 is 21.7 Å². The Hall–Kier alpha value is -1.77. The number of thioether (sulfide) groups is 1. The van der Waals surface area contributed by atoms with E-state index in [1.807, 2.05) is 36.6 Å². The zero-order valence-corrected chi connectivity index (χ0v) is 22.0. The molecule has 35 heavy (non-hydrogen) atoms. The van der Waals surface area contributed by atoms with E-state index < -0.39 is 12.1 Å². The SMILES string of the molecule is CSCC[C@@H](N)C(=O)NCC(=O)N[C@H](Cc1ccccc1)C(=O)NC1C2CC3CC(C2)CC1C3.Cl. The molecule has 5 rings (SSSR count). The highest BCUT2D eigenvalue weighted by atomic mass is 35.5. The summed E-state index contributed by atoms with van der Waals surface area (Å²) in [5, 5.41) is 8.80. The van der Waals surface area contributed by atoms with Crippen LogP contribution in [-0.2, 0) is 20.8 Å². The van der Waals surface area contributed by atoms with Crippen molar-refractivity contribution in [3.8, 4) is 0 Å². The van der Waals surface area contributed by atoms with Crippen LogP contribution in [0.1, 0.15) is 44.1 Å². The van der Waals surface area contributed by atoms with Crippen LogP contribution in [0.2, 0.25) is 0 Å². The van der Waals surface area contributed by atoms with Crippen molar-refractivity contribution in [2.24, 2.45) is 29.4 Å². The third kappa shape index (κ3) is 7.37. The molecule has 0 aliphatic heterocycles. The van der Waals surface area contributed by atoms with Crippen molar-refractivity contribution in [1.82, 2.24) is 16.0 Å². The Balaban J connectivity index is 0.00000342. The Bertz CT molecular complexity index is 843. The molecule has 0 heterocycles. The number of halogens is 1. The van der Waals surface area contributed by atoms with Crippen molar-refractivity contribution < 1.29 is 14.4 Å². The van der Waals surface area contributed by atoms with Crippen molar-refractivity contribution in [3.63, 3.8) is 0 Å². The highest BCUT2D eigenvalue weighted by Crippen LogP contribution is 2.53. The Morgan fingerprint density at radius 1 is 1.00 bits per heavy atom. The van der Waals surface area contributed by atoms with E-state index in [2.05, 4.69) is 16.0 Å².